The first-order valence-corrected chi connectivity index (χ1v) is 8.17. The van der Waals surface area contributed by atoms with Gasteiger partial charge in [-0.25, -0.2) is 0 Å². The minimum atomic E-state index is 0.151. The van der Waals surface area contributed by atoms with Gasteiger partial charge in [0, 0.05) is 16.1 Å². The van der Waals surface area contributed by atoms with Crippen molar-refractivity contribution >= 4 is 38.3 Å². The Morgan fingerprint density at radius 3 is 2.81 bits per heavy atom. The maximum absolute atomic E-state index is 12.5. The monoisotopic (exact) mass is 341 g/mol. The van der Waals surface area contributed by atoms with Crippen LogP contribution in [-0.2, 0) is 4.79 Å². The molecule has 1 N–H and O–H groups in total. The van der Waals surface area contributed by atoms with Gasteiger partial charge in [0.1, 0.15) is 0 Å². The summed E-state index contributed by atoms with van der Waals surface area (Å²) in [6.45, 7) is 0. The first-order chi connectivity index (χ1) is 10.2. The number of carbonyl (C=O) groups is 1. The van der Waals surface area contributed by atoms with Gasteiger partial charge in [0.2, 0.25) is 5.91 Å². The maximum Gasteiger partial charge on any atom is 0.228 e. The number of carbonyl (C=O) groups excluding carboxylic acids is 1. The van der Waals surface area contributed by atoms with E-state index in [2.05, 4.69) is 45.5 Å². The highest BCUT2D eigenvalue weighted by Crippen LogP contribution is 2.43. The second kappa shape index (κ2) is 4.99. The number of benzene rings is 2. The van der Waals surface area contributed by atoms with Crippen LogP contribution in [0.1, 0.15) is 12.8 Å². The lowest BCUT2D eigenvalue weighted by atomic mass is 9.93. The minimum Gasteiger partial charge on any atom is -0.326 e. The summed E-state index contributed by atoms with van der Waals surface area (Å²) in [6, 6.07) is 12.2. The third-order valence-electron chi connectivity index (χ3n) is 4.71. The number of hydrogen-bond donors (Lipinski definition) is 1. The van der Waals surface area contributed by atoms with Gasteiger partial charge in [0.25, 0.3) is 0 Å². The summed E-state index contributed by atoms with van der Waals surface area (Å²) in [5, 5.41) is 5.39. The Balaban J connectivity index is 1.57. The van der Waals surface area contributed by atoms with E-state index >= 15 is 0 Å². The van der Waals surface area contributed by atoms with E-state index in [1.54, 1.807) is 0 Å². The fourth-order valence-electron chi connectivity index (χ4n) is 3.64. The van der Waals surface area contributed by atoms with Crippen molar-refractivity contribution in [1.29, 1.82) is 0 Å². The molecule has 2 aliphatic carbocycles. The molecule has 2 aromatic carbocycles. The van der Waals surface area contributed by atoms with Gasteiger partial charge in [-0.05, 0) is 53.6 Å². The van der Waals surface area contributed by atoms with E-state index < -0.39 is 0 Å². The van der Waals surface area contributed by atoms with Crippen LogP contribution < -0.4 is 5.32 Å². The highest BCUT2D eigenvalue weighted by atomic mass is 79.9. The molecule has 0 radical (unpaired) electrons. The second-order valence-electron chi connectivity index (χ2n) is 6.05. The summed E-state index contributed by atoms with van der Waals surface area (Å²) in [6.07, 6.45) is 6.65. The van der Waals surface area contributed by atoms with E-state index in [-0.39, 0.29) is 11.8 Å². The van der Waals surface area contributed by atoms with Crippen LogP contribution in [0.25, 0.3) is 10.8 Å². The molecule has 1 amide bonds. The summed E-state index contributed by atoms with van der Waals surface area (Å²) in [4.78, 5) is 12.5. The molecule has 0 saturated heterocycles. The zero-order valence-electron chi connectivity index (χ0n) is 11.6. The molecule has 3 atom stereocenters. The van der Waals surface area contributed by atoms with E-state index in [0.29, 0.717) is 11.8 Å². The van der Waals surface area contributed by atoms with E-state index in [1.807, 2.05) is 24.3 Å². The fraction of sp³-hybridized carbons (Fsp3) is 0.278. The predicted octanol–water partition coefficient (Wildman–Crippen LogP) is 4.75. The van der Waals surface area contributed by atoms with Gasteiger partial charge in [-0.3, -0.25) is 4.79 Å². The molecule has 0 spiro atoms. The number of anilines is 1. The summed E-state index contributed by atoms with van der Waals surface area (Å²) < 4.78 is 1.08. The summed E-state index contributed by atoms with van der Waals surface area (Å²) in [5.74, 6) is 1.39. The van der Waals surface area contributed by atoms with Crippen LogP contribution in [0.15, 0.2) is 53.0 Å². The van der Waals surface area contributed by atoms with Gasteiger partial charge >= 0.3 is 0 Å². The first-order valence-electron chi connectivity index (χ1n) is 7.38. The lowest BCUT2D eigenvalue weighted by molar-refractivity contribution is -0.120. The number of hydrogen-bond acceptors (Lipinski definition) is 1. The minimum absolute atomic E-state index is 0.151. The molecular formula is C18H16BrNO. The summed E-state index contributed by atoms with van der Waals surface area (Å²) >= 11 is 3.55. The topological polar surface area (TPSA) is 29.1 Å². The van der Waals surface area contributed by atoms with Crippen LogP contribution in [0.2, 0.25) is 0 Å². The quantitative estimate of drug-likeness (QED) is 0.784. The Morgan fingerprint density at radius 2 is 2.05 bits per heavy atom. The lowest BCUT2D eigenvalue weighted by Gasteiger charge is -2.17. The zero-order valence-corrected chi connectivity index (χ0v) is 13.1. The Kier molecular flexibility index (Phi) is 3.11. The van der Waals surface area contributed by atoms with Crippen molar-refractivity contribution in [2.24, 2.45) is 17.8 Å². The third kappa shape index (κ3) is 2.30. The van der Waals surface area contributed by atoms with Gasteiger partial charge in [-0.2, -0.15) is 0 Å². The zero-order chi connectivity index (χ0) is 14.4. The second-order valence-corrected chi connectivity index (χ2v) is 6.91. The number of rotatable bonds is 2. The molecule has 1 fully saturated rings. The predicted molar refractivity (Wildman–Crippen MR) is 89.1 cm³/mol. The molecule has 0 heterocycles. The smallest absolute Gasteiger partial charge is 0.228 e. The molecule has 0 aromatic heterocycles. The standard InChI is InChI=1S/C18H16BrNO/c19-17-3-1-2-12-10-14(6-7-15(12)17)20-18(21)16-9-11-4-5-13(16)8-11/h1-7,10-11,13,16H,8-9H2,(H,20,21). The molecule has 2 aromatic rings. The maximum atomic E-state index is 12.5. The molecule has 2 aliphatic rings. The summed E-state index contributed by atoms with van der Waals surface area (Å²) in [5.41, 5.74) is 0.886. The number of fused-ring (bicyclic) bond motifs is 3. The van der Waals surface area contributed by atoms with Crippen molar-refractivity contribution in [3.63, 3.8) is 0 Å². The van der Waals surface area contributed by atoms with Crippen molar-refractivity contribution in [3.05, 3.63) is 53.0 Å². The van der Waals surface area contributed by atoms with Crippen LogP contribution in [0, 0.1) is 17.8 Å². The molecular weight excluding hydrogens is 326 g/mol. The van der Waals surface area contributed by atoms with Crippen molar-refractivity contribution < 1.29 is 4.79 Å². The highest BCUT2D eigenvalue weighted by Gasteiger charge is 2.39. The first kappa shape index (κ1) is 13.1. The number of halogens is 1. The summed E-state index contributed by atoms with van der Waals surface area (Å²) in [7, 11) is 0. The molecule has 21 heavy (non-hydrogen) atoms. The fourth-order valence-corrected chi connectivity index (χ4v) is 4.15. The number of nitrogens with one attached hydrogen (secondary N) is 1. The van der Waals surface area contributed by atoms with Crippen LogP contribution in [0.5, 0.6) is 0 Å². The SMILES string of the molecule is O=C(Nc1ccc2c(Br)cccc2c1)C1CC2C=CC1C2. The van der Waals surface area contributed by atoms with Crippen LogP contribution in [0.3, 0.4) is 0 Å². The highest BCUT2D eigenvalue weighted by molar-refractivity contribution is 9.10. The van der Waals surface area contributed by atoms with Gasteiger partial charge in [0.05, 0.1) is 0 Å². The van der Waals surface area contributed by atoms with Gasteiger partial charge in [-0.15, -0.1) is 0 Å². The normalized spacial score (nSPS) is 26.4. The van der Waals surface area contributed by atoms with E-state index in [0.717, 1.165) is 28.4 Å². The van der Waals surface area contributed by atoms with Gasteiger partial charge in [-0.1, -0.05) is 46.3 Å². The Hall–Kier alpha value is -1.61. The Labute approximate surface area is 132 Å². The average Bonchev–Trinajstić information content (AvgIpc) is 3.10. The molecule has 2 bridgehead atoms. The molecule has 0 aliphatic heterocycles. The molecule has 2 nitrogen and oxygen atoms in total. The number of amides is 1. The van der Waals surface area contributed by atoms with Gasteiger partial charge in [0.15, 0.2) is 0 Å². The lowest BCUT2D eigenvalue weighted by Crippen LogP contribution is -2.25. The largest absolute Gasteiger partial charge is 0.326 e. The van der Waals surface area contributed by atoms with Crippen LogP contribution in [-0.4, -0.2) is 5.91 Å². The molecule has 1 saturated carbocycles. The Morgan fingerprint density at radius 1 is 1.14 bits per heavy atom. The van der Waals surface area contributed by atoms with E-state index in [4.69, 9.17) is 0 Å². The van der Waals surface area contributed by atoms with Crippen molar-refractivity contribution in [1.82, 2.24) is 0 Å². The van der Waals surface area contributed by atoms with E-state index in [9.17, 15) is 4.79 Å². The third-order valence-corrected chi connectivity index (χ3v) is 5.40. The van der Waals surface area contributed by atoms with Crippen molar-refractivity contribution in [3.8, 4) is 0 Å². The molecule has 4 rings (SSSR count). The van der Waals surface area contributed by atoms with Crippen LogP contribution in [0.4, 0.5) is 5.69 Å². The molecule has 106 valence electrons. The van der Waals surface area contributed by atoms with Crippen LogP contribution >= 0.6 is 15.9 Å². The van der Waals surface area contributed by atoms with Crippen molar-refractivity contribution in [2.45, 2.75) is 12.8 Å². The number of allylic oxidation sites excluding steroid dienone is 2. The average molecular weight is 342 g/mol. The molecule has 3 unspecified atom stereocenters. The Bertz CT molecular complexity index is 752. The van der Waals surface area contributed by atoms with Gasteiger partial charge < -0.3 is 5.32 Å². The molecule has 3 heteroatoms. The van der Waals surface area contributed by atoms with Crippen molar-refractivity contribution in [2.75, 3.05) is 5.32 Å². The van der Waals surface area contributed by atoms with E-state index in [1.165, 1.54) is 5.39 Å².